The number of benzene rings is 2. The molecule has 0 aliphatic rings. The molecule has 20 heavy (non-hydrogen) atoms. The summed E-state index contributed by atoms with van der Waals surface area (Å²) >= 11 is 3.52. The molecule has 0 aromatic heterocycles. The lowest BCUT2D eigenvalue weighted by Crippen LogP contribution is -2.14. The maximum atomic E-state index is 5.96. The summed E-state index contributed by atoms with van der Waals surface area (Å²) in [4.78, 5) is 0. The fraction of sp³-hybridized carbons (Fsp3) is 0.294. The van der Waals surface area contributed by atoms with E-state index in [2.05, 4.69) is 58.5 Å². The predicted molar refractivity (Wildman–Crippen MR) is 87.3 cm³/mol. The van der Waals surface area contributed by atoms with E-state index >= 15 is 0 Å². The number of ether oxygens (including phenoxy) is 1. The maximum absolute atomic E-state index is 5.96. The van der Waals surface area contributed by atoms with Crippen molar-refractivity contribution >= 4 is 15.9 Å². The molecule has 0 saturated heterocycles. The van der Waals surface area contributed by atoms with Crippen molar-refractivity contribution in [1.29, 1.82) is 0 Å². The summed E-state index contributed by atoms with van der Waals surface area (Å²) < 4.78 is 7.03. The van der Waals surface area contributed by atoms with Crippen LogP contribution in [0.25, 0.3) is 0 Å². The predicted octanol–water partition coefficient (Wildman–Crippen LogP) is 4.35. The fourth-order valence-corrected chi connectivity index (χ4v) is 2.45. The van der Waals surface area contributed by atoms with Crippen LogP contribution in [-0.4, -0.2) is 13.7 Å². The number of hydrogen-bond acceptors (Lipinski definition) is 2. The normalized spacial score (nSPS) is 12.2. The van der Waals surface area contributed by atoms with E-state index in [-0.39, 0.29) is 6.04 Å². The zero-order valence-electron chi connectivity index (χ0n) is 11.9. The van der Waals surface area contributed by atoms with Crippen LogP contribution in [0, 0.1) is 0 Å². The Balaban J connectivity index is 2.02. The first kappa shape index (κ1) is 15.1. The molecule has 106 valence electrons. The molecule has 2 nitrogen and oxygen atoms in total. The highest BCUT2D eigenvalue weighted by Crippen LogP contribution is 2.28. The van der Waals surface area contributed by atoms with Gasteiger partial charge in [-0.1, -0.05) is 46.3 Å². The second-order valence-electron chi connectivity index (χ2n) is 4.78. The van der Waals surface area contributed by atoms with Crippen LogP contribution in [0.1, 0.15) is 24.1 Å². The molecule has 0 bridgehead atoms. The van der Waals surface area contributed by atoms with Gasteiger partial charge in [0.2, 0.25) is 0 Å². The molecular weight excluding hydrogens is 314 g/mol. The van der Waals surface area contributed by atoms with E-state index in [0.717, 1.165) is 16.6 Å². The Kier molecular flexibility index (Phi) is 5.62. The first-order valence-electron chi connectivity index (χ1n) is 6.84. The van der Waals surface area contributed by atoms with E-state index in [1.807, 2.05) is 25.2 Å². The molecule has 0 aliphatic heterocycles. The van der Waals surface area contributed by atoms with Gasteiger partial charge < -0.3 is 10.1 Å². The van der Waals surface area contributed by atoms with Crippen LogP contribution in [0.5, 0.6) is 5.75 Å². The Bertz CT molecular complexity index is 542. The summed E-state index contributed by atoms with van der Waals surface area (Å²) in [7, 11) is 1.96. The van der Waals surface area contributed by atoms with Gasteiger partial charge in [-0.05, 0) is 37.7 Å². The molecule has 0 radical (unpaired) electrons. The van der Waals surface area contributed by atoms with E-state index < -0.39 is 0 Å². The second-order valence-corrected chi connectivity index (χ2v) is 5.69. The van der Waals surface area contributed by atoms with Crippen molar-refractivity contribution in [2.75, 3.05) is 13.7 Å². The summed E-state index contributed by atoms with van der Waals surface area (Å²) in [5.41, 5.74) is 2.47. The molecule has 0 heterocycles. The van der Waals surface area contributed by atoms with E-state index in [0.29, 0.717) is 6.61 Å². The SMILES string of the molecule is CNC(C)c1cc(Br)ccc1OCCc1ccccc1. The summed E-state index contributed by atoms with van der Waals surface area (Å²) in [6.45, 7) is 2.82. The van der Waals surface area contributed by atoms with Crippen LogP contribution in [0.2, 0.25) is 0 Å². The minimum absolute atomic E-state index is 0.263. The van der Waals surface area contributed by atoms with Gasteiger partial charge in [0.1, 0.15) is 5.75 Å². The summed E-state index contributed by atoms with van der Waals surface area (Å²) in [6, 6.07) is 16.8. The number of nitrogens with one attached hydrogen (secondary N) is 1. The highest BCUT2D eigenvalue weighted by atomic mass is 79.9. The first-order valence-corrected chi connectivity index (χ1v) is 7.63. The molecule has 3 heteroatoms. The monoisotopic (exact) mass is 333 g/mol. The van der Waals surface area contributed by atoms with Crippen LogP contribution in [0.15, 0.2) is 53.0 Å². The van der Waals surface area contributed by atoms with Gasteiger partial charge in [-0.25, -0.2) is 0 Å². The van der Waals surface area contributed by atoms with Crippen molar-refractivity contribution in [3.8, 4) is 5.75 Å². The van der Waals surface area contributed by atoms with E-state index in [1.165, 1.54) is 11.1 Å². The Morgan fingerprint density at radius 3 is 2.60 bits per heavy atom. The van der Waals surface area contributed by atoms with Crippen LogP contribution >= 0.6 is 15.9 Å². The molecule has 1 unspecified atom stereocenters. The van der Waals surface area contributed by atoms with Crippen molar-refractivity contribution in [2.45, 2.75) is 19.4 Å². The Morgan fingerprint density at radius 2 is 1.90 bits per heavy atom. The average molecular weight is 334 g/mol. The molecule has 1 atom stereocenters. The topological polar surface area (TPSA) is 21.3 Å². The van der Waals surface area contributed by atoms with Crippen LogP contribution in [0.4, 0.5) is 0 Å². The third-order valence-corrected chi connectivity index (χ3v) is 3.86. The van der Waals surface area contributed by atoms with Gasteiger partial charge in [-0.3, -0.25) is 0 Å². The molecule has 0 aliphatic carbocycles. The minimum Gasteiger partial charge on any atom is -0.493 e. The number of rotatable bonds is 6. The first-order chi connectivity index (χ1) is 9.70. The lowest BCUT2D eigenvalue weighted by molar-refractivity contribution is 0.315. The van der Waals surface area contributed by atoms with Gasteiger partial charge in [-0.15, -0.1) is 0 Å². The van der Waals surface area contributed by atoms with E-state index in [1.54, 1.807) is 0 Å². The maximum Gasteiger partial charge on any atom is 0.124 e. The minimum atomic E-state index is 0.263. The third-order valence-electron chi connectivity index (χ3n) is 3.36. The van der Waals surface area contributed by atoms with Gasteiger partial charge in [0.15, 0.2) is 0 Å². The summed E-state index contributed by atoms with van der Waals surface area (Å²) in [6.07, 6.45) is 0.921. The largest absolute Gasteiger partial charge is 0.493 e. The zero-order valence-corrected chi connectivity index (χ0v) is 13.5. The molecule has 2 rings (SSSR count). The van der Waals surface area contributed by atoms with Gasteiger partial charge in [0, 0.05) is 22.5 Å². The van der Waals surface area contributed by atoms with Gasteiger partial charge >= 0.3 is 0 Å². The second kappa shape index (κ2) is 7.46. The lowest BCUT2D eigenvalue weighted by Gasteiger charge is -2.17. The van der Waals surface area contributed by atoms with Crippen LogP contribution in [0.3, 0.4) is 0 Å². The number of halogens is 1. The standard InChI is InChI=1S/C17H20BrNO/c1-13(19-2)16-12-15(18)8-9-17(16)20-11-10-14-6-4-3-5-7-14/h3-9,12-13,19H,10-11H2,1-2H3. The van der Waals surface area contributed by atoms with Gasteiger partial charge in [0.05, 0.1) is 6.61 Å². The zero-order chi connectivity index (χ0) is 14.4. The molecule has 2 aromatic rings. The highest BCUT2D eigenvalue weighted by molar-refractivity contribution is 9.10. The van der Waals surface area contributed by atoms with Crippen molar-refractivity contribution < 1.29 is 4.74 Å². The average Bonchev–Trinajstić information content (AvgIpc) is 2.49. The van der Waals surface area contributed by atoms with Crippen molar-refractivity contribution in [3.05, 3.63) is 64.1 Å². The Morgan fingerprint density at radius 1 is 1.15 bits per heavy atom. The fourth-order valence-electron chi connectivity index (χ4n) is 2.07. The molecule has 0 amide bonds. The molecule has 0 fully saturated rings. The molecular formula is C17H20BrNO. The highest BCUT2D eigenvalue weighted by Gasteiger charge is 2.10. The van der Waals surface area contributed by atoms with Crippen LogP contribution < -0.4 is 10.1 Å². The van der Waals surface area contributed by atoms with Crippen molar-refractivity contribution in [2.24, 2.45) is 0 Å². The van der Waals surface area contributed by atoms with E-state index in [9.17, 15) is 0 Å². The van der Waals surface area contributed by atoms with E-state index in [4.69, 9.17) is 4.74 Å². The van der Waals surface area contributed by atoms with Crippen molar-refractivity contribution in [3.63, 3.8) is 0 Å². The Labute approximate surface area is 129 Å². The smallest absolute Gasteiger partial charge is 0.124 e. The lowest BCUT2D eigenvalue weighted by atomic mass is 10.1. The molecule has 2 aromatic carbocycles. The Hall–Kier alpha value is -1.32. The molecule has 1 N–H and O–H groups in total. The summed E-state index contributed by atoms with van der Waals surface area (Å²) in [5.74, 6) is 0.950. The number of hydrogen-bond donors (Lipinski definition) is 1. The van der Waals surface area contributed by atoms with Gasteiger partial charge in [-0.2, -0.15) is 0 Å². The molecule has 0 spiro atoms. The quantitative estimate of drug-likeness (QED) is 0.848. The van der Waals surface area contributed by atoms with Crippen LogP contribution in [-0.2, 0) is 6.42 Å². The summed E-state index contributed by atoms with van der Waals surface area (Å²) in [5, 5.41) is 3.26. The van der Waals surface area contributed by atoms with Gasteiger partial charge in [0.25, 0.3) is 0 Å². The third kappa shape index (κ3) is 4.09. The van der Waals surface area contributed by atoms with Crippen molar-refractivity contribution in [1.82, 2.24) is 5.32 Å². The molecule has 0 saturated carbocycles.